The predicted octanol–water partition coefficient (Wildman–Crippen LogP) is 1.39. The lowest BCUT2D eigenvalue weighted by atomic mass is 10.2. The van der Waals surface area contributed by atoms with E-state index >= 15 is 0 Å². The van der Waals surface area contributed by atoms with E-state index in [1.807, 2.05) is 0 Å². The molecule has 0 heterocycles. The molecule has 0 radical (unpaired) electrons. The molecule has 0 aromatic heterocycles. The van der Waals surface area contributed by atoms with E-state index < -0.39 is 40.1 Å². The Labute approximate surface area is 106 Å². The molecule has 1 saturated carbocycles. The second kappa shape index (κ2) is 4.63. The molecule has 7 nitrogen and oxygen atoms in total. The third-order valence-corrected chi connectivity index (χ3v) is 2.87. The number of nitrogens with one attached hydrogen (secondary N) is 1. The number of benzene rings is 1. The summed E-state index contributed by atoms with van der Waals surface area (Å²) in [5, 5.41) is 21.3. The van der Waals surface area contributed by atoms with Crippen molar-refractivity contribution in [2.45, 2.75) is 6.42 Å². The number of hydrogen-bond acceptors (Lipinski definition) is 4. The van der Waals surface area contributed by atoms with E-state index in [9.17, 15) is 24.1 Å². The number of carbonyl (C=O) groups is 2. The highest BCUT2D eigenvalue weighted by Crippen LogP contribution is 2.39. The fourth-order valence-electron chi connectivity index (χ4n) is 1.70. The third kappa shape index (κ3) is 2.67. The van der Waals surface area contributed by atoms with Crippen LogP contribution in [0.15, 0.2) is 18.2 Å². The number of nitro benzene ring substituents is 1. The minimum absolute atomic E-state index is 0.202. The largest absolute Gasteiger partial charge is 0.481 e. The summed E-state index contributed by atoms with van der Waals surface area (Å²) in [4.78, 5) is 31.8. The number of nitrogens with zero attached hydrogens (tertiary/aromatic N) is 1. The molecule has 2 N–H and O–H groups in total. The summed E-state index contributed by atoms with van der Waals surface area (Å²) in [5.41, 5.74) is -0.628. The van der Waals surface area contributed by atoms with Crippen LogP contribution in [0, 0.1) is 27.8 Å². The van der Waals surface area contributed by atoms with Crippen LogP contribution in [0.25, 0.3) is 0 Å². The van der Waals surface area contributed by atoms with Gasteiger partial charge in [-0.15, -0.1) is 0 Å². The maximum absolute atomic E-state index is 13.5. The zero-order chi connectivity index (χ0) is 14.2. The lowest BCUT2D eigenvalue weighted by molar-refractivity contribution is -0.385. The lowest BCUT2D eigenvalue weighted by Gasteiger charge is -2.05. The predicted molar refractivity (Wildman–Crippen MR) is 60.9 cm³/mol. The molecule has 1 aliphatic carbocycles. The van der Waals surface area contributed by atoms with Crippen molar-refractivity contribution in [1.82, 2.24) is 0 Å². The van der Waals surface area contributed by atoms with Gasteiger partial charge in [0.1, 0.15) is 0 Å². The molecule has 1 amide bonds. The highest BCUT2D eigenvalue weighted by atomic mass is 19.1. The van der Waals surface area contributed by atoms with Crippen molar-refractivity contribution in [2.75, 3.05) is 5.32 Å². The monoisotopic (exact) mass is 268 g/mol. The maximum Gasteiger partial charge on any atom is 0.307 e. The molecule has 19 heavy (non-hydrogen) atoms. The zero-order valence-electron chi connectivity index (χ0n) is 9.50. The summed E-state index contributed by atoms with van der Waals surface area (Å²) in [6.45, 7) is 0. The second-order valence-corrected chi connectivity index (χ2v) is 4.20. The summed E-state index contributed by atoms with van der Waals surface area (Å²) < 4.78 is 13.5. The van der Waals surface area contributed by atoms with Crippen LogP contribution in [0.5, 0.6) is 0 Å². The number of amides is 1. The van der Waals surface area contributed by atoms with Gasteiger partial charge in [-0.25, -0.2) is 4.39 Å². The molecule has 2 atom stereocenters. The molecule has 0 unspecified atom stereocenters. The zero-order valence-corrected chi connectivity index (χ0v) is 9.50. The van der Waals surface area contributed by atoms with E-state index in [1.165, 1.54) is 0 Å². The van der Waals surface area contributed by atoms with Gasteiger partial charge in [-0.3, -0.25) is 19.7 Å². The molecule has 1 aliphatic rings. The first-order chi connectivity index (χ1) is 8.90. The Morgan fingerprint density at radius 3 is 2.58 bits per heavy atom. The fourth-order valence-corrected chi connectivity index (χ4v) is 1.70. The first-order valence-corrected chi connectivity index (χ1v) is 5.37. The van der Waals surface area contributed by atoms with Gasteiger partial charge in [0.2, 0.25) is 5.91 Å². The van der Waals surface area contributed by atoms with Gasteiger partial charge in [-0.1, -0.05) is 0 Å². The minimum Gasteiger partial charge on any atom is -0.481 e. The van der Waals surface area contributed by atoms with E-state index in [1.54, 1.807) is 0 Å². The van der Waals surface area contributed by atoms with Crippen LogP contribution in [0.1, 0.15) is 6.42 Å². The summed E-state index contributed by atoms with van der Waals surface area (Å²) in [6, 6.07) is 2.82. The number of aliphatic carboxylic acids is 1. The maximum atomic E-state index is 13.5. The number of hydrogen-bond donors (Lipinski definition) is 2. The van der Waals surface area contributed by atoms with Crippen LogP contribution in [0.2, 0.25) is 0 Å². The van der Waals surface area contributed by atoms with Crippen molar-refractivity contribution in [3.63, 3.8) is 0 Å². The van der Waals surface area contributed by atoms with Crippen molar-refractivity contribution in [2.24, 2.45) is 11.8 Å². The standard InChI is InChI=1S/C11H9FN2O5/c12-8-3-5(14(18)19)1-2-9(8)13-10(15)6-4-7(6)11(16)17/h1-3,6-7H,4H2,(H,13,15)(H,16,17)/t6-,7+/m1/s1. The smallest absolute Gasteiger partial charge is 0.307 e. The van der Waals surface area contributed by atoms with E-state index in [0.29, 0.717) is 6.07 Å². The number of non-ortho nitro benzene ring substituents is 1. The summed E-state index contributed by atoms with van der Waals surface area (Å²) >= 11 is 0. The number of carbonyl (C=O) groups excluding carboxylic acids is 1. The number of rotatable bonds is 4. The number of carboxylic acids is 1. The summed E-state index contributed by atoms with van der Waals surface area (Å²) in [5.74, 6) is -4.01. The average Bonchev–Trinajstić information content (AvgIpc) is 3.11. The molecule has 1 fully saturated rings. The van der Waals surface area contributed by atoms with Crippen LogP contribution in [0.4, 0.5) is 15.8 Å². The van der Waals surface area contributed by atoms with E-state index in [0.717, 1.165) is 12.1 Å². The molecular formula is C11H9FN2O5. The molecule has 0 saturated heterocycles. The Morgan fingerprint density at radius 1 is 1.42 bits per heavy atom. The van der Waals surface area contributed by atoms with Gasteiger partial charge >= 0.3 is 5.97 Å². The van der Waals surface area contributed by atoms with Gasteiger partial charge in [-0.2, -0.15) is 0 Å². The number of anilines is 1. The van der Waals surface area contributed by atoms with Crippen LogP contribution in [-0.2, 0) is 9.59 Å². The van der Waals surface area contributed by atoms with Crippen molar-refractivity contribution in [1.29, 1.82) is 0 Å². The Morgan fingerprint density at radius 2 is 2.11 bits per heavy atom. The van der Waals surface area contributed by atoms with Crippen LogP contribution in [0.3, 0.4) is 0 Å². The van der Waals surface area contributed by atoms with Gasteiger partial charge in [0.05, 0.1) is 28.5 Å². The minimum atomic E-state index is -1.07. The average molecular weight is 268 g/mol. The highest BCUT2D eigenvalue weighted by molar-refractivity contribution is 5.98. The van der Waals surface area contributed by atoms with Gasteiger partial charge in [-0.05, 0) is 12.5 Å². The number of carboxylic acid groups (broad SMARTS) is 1. The van der Waals surface area contributed by atoms with Crippen LogP contribution < -0.4 is 5.32 Å². The second-order valence-electron chi connectivity index (χ2n) is 4.20. The van der Waals surface area contributed by atoms with Crippen LogP contribution >= 0.6 is 0 Å². The molecule has 2 rings (SSSR count). The summed E-state index contributed by atoms with van der Waals surface area (Å²) in [6.07, 6.45) is 0.218. The van der Waals surface area contributed by atoms with Gasteiger partial charge in [0.25, 0.3) is 5.69 Å². The summed E-state index contributed by atoms with van der Waals surface area (Å²) in [7, 11) is 0. The Balaban J connectivity index is 2.06. The van der Waals surface area contributed by atoms with Crippen LogP contribution in [-0.4, -0.2) is 21.9 Å². The quantitative estimate of drug-likeness (QED) is 0.633. The van der Waals surface area contributed by atoms with Crippen molar-refractivity contribution < 1.29 is 24.0 Å². The molecule has 0 aliphatic heterocycles. The van der Waals surface area contributed by atoms with Crippen molar-refractivity contribution in [3.8, 4) is 0 Å². The first kappa shape index (κ1) is 12.9. The Hall–Kier alpha value is -2.51. The molecule has 8 heteroatoms. The Bertz CT molecular complexity index is 574. The molecule has 0 spiro atoms. The van der Waals surface area contributed by atoms with Gasteiger partial charge < -0.3 is 10.4 Å². The number of halogens is 1. The SMILES string of the molecule is O=C(O)[C@H]1C[C@H]1C(=O)Nc1ccc([N+](=O)[O-])cc1F. The third-order valence-electron chi connectivity index (χ3n) is 2.87. The fraction of sp³-hybridized carbons (Fsp3) is 0.273. The highest BCUT2D eigenvalue weighted by Gasteiger charge is 2.48. The first-order valence-electron chi connectivity index (χ1n) is 5.37. The Kier molecular flexibility index (Phi) is 3.16. The molecule has 1 aromatic carbocycles. The topological polar surface area (TPSA) is 110 Å². The van der Waals surface area contributed by atoms with Gasteiger partial charge in [0.15, 0.2) is 5.82 Å². The molecule has 0 bridgehead atoms. The van der Waals surface area contributed by atoms with Crippen molar-refractivity contribution >= 4 is 23.3 Å². The van der Waals surface area contributed by atoms with Gasteiger partial charge in [0, 0.05) is 6.07 Å². The van der Waals surface area contributed by atoms with E-state index in [-0.39, 0.29) is 12.1 Å². The van der Waals surface area contributed by atoms with E-state index in [4.69, 9.17) is 5.11 Å². The molecule has 1 aromatic rings. The molecule has 100 valence electrons. The van der Waals surface area contributed by atoms with E-state index in [2.05, 4.69) is 5.32 Å². The normalized spacial score (nSPS) is 20.7. The number of nitro groups is 1. The lowest BCUT2D eigenvalue weighted by Crippen LogP contribution is -2.17. The van der Waals surface area contributed by atoms with Crippen molar-refractivity contribution in [3.05, 3.63) is 34.1 Å². The molecular weight excluding hydrogens is 259 g/mol.